The topological polar surface area (TPSA) is 17.1 Å². The maximum Gasteiger partial charge on any atom is 0.416 e. The summed E-state index contributed by atoms with van der Waals surface area (Å²) in [6.07, 6.45) is -4.63. The largest absolute Gasteiger partial charge is 0.416 e. The number of Topliss-reactive ketones (excluding diaryl/α,β-unsaturated/α-hetero) is 1. The number of carbonyl (C=O) groups is 1. The molecule has 0 fully saturated rings. The normalized spacial score (nSPS) is 10.6. The van der Waals surface area contributed by atoms with E-state index < -0.39 is 28.9 Å². The van der Waals surface area contributed by atoms with E-state index >= 15 is 0 Å². The first-order valence-electron chi connectivity index (χ1n) is 4.20. The van der Waals surface area contributed by atoms with Crippen LogP contribution in [-0.2, 0) is 6.18 Å². The van der Waals surface area contributed by atoms with Crippen molar-refractivity contribution >= 4 is 5.78 Å². The average molecular weight is 230 g/mol. The molecule has 0 N–H and O–H groups in total. The highest BCUT2D eigenvalue weighted by molar-refractivity contribution is 6.09. The lowest BCUT2D eigenvalue weighted by Crippen LogP contribution is -2.07. The van der Waals surface area contributed by atoms with Gasteiger partial charge in [-0.05, 0) is 31.0 Å². The molecule has 1 nitrogen and oxygen atoms in total. The van der Waals surface area contributed by atoms with Crippen molar-refractivity contribution in [2.45, 2.75) is 13.1 Å². The summed E-state index contributed by atoms with van der Waals surface area (Å²) in [5.74, 6) is 2.24. The Kier molecular flexibility index (Phi) is 3.33. The SMILES string of the molecule is CC#CC(=O)c1ccc(C(F)(F)F)cc1F. The van der Waals surface area contributed by atoms with Crippen molar-refractivity contribution in [2.24, 2.45) is 0 Å². The van der Waals surface area contributed by atoms with E-state index in [9.17, 15) is 22.4 Å². The molecule has 0 amide bonds. The monoisotopic (exact) mass is 230 g/mol. The molecule has 1 rings (SSSR count). The van der Waals surface area contributed by atoms with E-state index in [4.69, 9.17) is 0 Å². The molecule has 0 aliphatic carbocycles. The maximum atomic E-state index is 13.2. The maximum absolute atomic E-state index is 13.2. The fourth-order valence-electron chi connectivity index (χ4n) is 1.06. The predicted molar refractivity (Wildman–Crippen MR) is 49.2 cm³/mol. The lowest BCUT2D eigenvalue weighted by atomic mass is 10.1. The van der Waals surface area contributed by atoms with Crippen molar-refractivity contribution in [3.63, 3.8) is 0 Å². The van der Waals surface area contributed by atoms with E-state index in [2.05, 4.69) is 11.8 Å². The second-order valence-electron chi connectivity index (χ2n) is 2.90. The minimum absolute atomic E-state index is 0.282. The van der Waals surface area contributed by atoms with Crippen molar-refractivity contribution in [2.75, 3.05) is 0 Å². The van der Waals surface area contributed by atoms with Crippen LogP contribution in [0.3, 0.4) is 0 Å². The van der Waals surface area contributed by atoms with Gasteiger partial charge in [-0.15, -0.1) is 0 Å². The van der Waals surface area contributed by atoms with Crippen LogP contribution in [0, 0.1) is 17.7 Å². The van der Waals surface area contributed by atoms with Gasteiger partial charge in [0, 0.05) is 0 Å². The van der Waals surface area contributed by atoms with Crippen LogP contribution in [0.15, 0.2) is 18.2 Å². The van der Waals surface area contributed by atoms with E-state index in [-0.39, 0.29) is 6.07 Å². The smallest absolute Gasteiger partial charge is 0.279 e. The second-order valence-corrected chi connectivity index (χ2v) is 2.90. The summed E-state index contributed by atoms with van der Waals surface area (Å²) < 4.78 is 49.7. The molecule has 16 heavy (non-hydrogen) atoms. The molecule has 0 spiro atoms. The second kappa shape index (κ2) is 4.35. The van der Waals surface area contributed by atoms with E-state index in [1.165, 1.54) is 6.92 Å². The van der Waals surface area contributed by atoms with E-state index in [1.807, 2.05) is 0 Å². The van der Waals surface area contributed by atoms with Gasteiger partial charge >= 0.3 is 6.18 Å². The molecule has 84 valence electrons. The predicted octanol–water partition coefficient (Wildman–Crippen LogP) is 3.05. The fraction of sp³-hybridized carbons (Fsp3) is 0.182. The number of benzene rings is 1. The van der Waals surface area contributed by atoms with E-state index in [1.54, 1.807) is 0 Å². The molecule has 0 atom stereocenters. The number of alkyl halides is 3. The van der Waals surface area contributed by atoms with Gasteiger partial charge in [-0.2, -0.15) is 13.2 Å². The molecule has 5 heteroatoms. The third-order valence-electron chi connectivity index (χ3n) is 1.78. The lowest BCUT2D eigenvalue weighted by Gasteiger charge is -2.07. The molecule has 0 bridgehead atoms. The number of halogens is 4. The molecule has 0 unspecified atom stereocenters. The Morgan fingerprint density at radius 2 is 1.94 bits per heavy atom. The Bertz CT molecular complexity index is 477. The van der Waals surface area contributed by atoms with Crippen LogP contribution in [0.2, 0.25) is 0 Å². The summed E-state index contributed by atoms with van der Waals surface area (Å²) in [5.41, 5.74) is -1.59. The summed E-state index contributed by atoms with van der Waals surface area (Å²) in [4.78, 5) is 11.1. The zero-order valence-electron chi connectivity index (χ0n) is 8.15. The van der Waals surface area contributed by atoms with Crippen LogP contribution in [0.5, 0.6) is 0 Å². The van der Waals surface area contributed by atoms with Crippen molar-refractivity contribution in [3.05, 3.63) is 35.1 Å². The Morgan fingerprint density at radius 1 is 1.31 bits per heavy atom. The van der Waals surface area contributed by atoms with Gasteiger partial charge in [0.2, 0.25) is 5.78 Å². The van der Waals surface area contributed by atoms with Gasteiger partial charge in [-0.1, -0.05) is 5.92 Å². The van der Waals surface area contributed by atoms with Crippen LogP contribution in [0.4, 0.5) is 17.6 Å². The summed E-state index contributed by atoms with van der Waals surface area (Å²) in [6, 6.07) is 1.71. The van der Waals surface area contributed by atoms with E-state index in [0.29, 0.717) is 6.07 Å². The quantitative estimate of drug-likeness (QED) is 0.313. The number of carbonyl (C=O) groups excluding carboxylic acids is 1. The standard InChI is InChI=1S/C11H6F4O/c1-2-3-10(16)8-5-4-7(6-9(8)12)11(13,14)15/h4-6H,1H3. The molecule has 0 heterocycles. The van der Waals surface area contributed by atoms with Crippen LogP contribution < -0.4 is 0 Å². The first kappa shape index (κ1) is 12.2. The number of hydrogen-bond acceptors (Lipinski definition) is 1. The number of ketones is 1. The van der Waals surface area contributed by atoms with E-state index in [0.717, 1.165) is 6.07 Å². The first-order valence-corrected chi connectivity index (χ1v) is 4.20. The van der Waals surface area contributed by atoms with Crippen LogP contribution in [-0.4, -0.2) is 5.78 Å². The molecular weight excluding hydrogens is 224 g/mol. The van der Waals surface area contributed by atoms with Crippen molar-refractivity contribution in [3.8, 4) is 11.8 Å². The van der Waals surface area contributed by atoms with Gasteiger partial charge in [0.1, 0.15) is 5.82 Å². The summed E-state index contributed by atoms with van der Waals surface area (Å²) in [5, 5.41) is 0. The summed E-state index contributed by atoms with van der Waals surface area (Å²) >= 11 is 0. The molecule has 0 aromatic heterocycles. The summed E-state index contributed by atoms with van der Waals surface area (Å²) in [7, 11) is 0. The molecule has 0 aliphatic heterocycles. The molecule has 0 aliphatic rings. The Hall–Kier alpha value is -1.83. The third-order valence-corrected chi connectivity index (χ3v) is 1.78. The highest BCUT2D eigenvalue weighted by Gasteiger charge is 2.31. The van der Waals surface area contributed by atoms with Crippen LogP contribution in [0.1, 0.15) is 22.8 Å². The van der Waals surface area contributed by atoms with Gasteiger partial charge in [0.25, 0.3) is 0 Å². The van der Waals surface area contributed by atoms with Crippen LogP contribution in [0.25, 0.3) is 0 Å². The highest BCUT2D eigenvalue weighted by atomic mass is 19.4. The molecule has 1 aromatic carbocycles. The van der Waals surface area contributed by atoms with Gasteiger partial charge in [-0.3, -0.25) is 4.79 Å². The highest BCUT2D eigenvalue weighted by Crippen LogP contribution is 2.30. The van der Waals surface area contributed by atoms with Gasteiger partial charge in [0.15, 0.2) is 0 Å². The molecule has 1 aromatic rings. The lowest BCUT2D eigenvalue weighted by molar-refractivity contribution is -0.137. The Labute approximate surface area is 89.1 Å². The zero-order valence-corrected chi connectivity index (χ0v) is 8.15. The number of rotatable bonds is 1. The minimum Gasteiger partial charge on any atom is -0.279 e. The third kappa shape index (κ3) is 2.60. The van der Waals surface area contributed by atoms with Gasteiger partial charge < -0.3 is 0 Å². The Balaban J connectivity index is 3.18. The molecular formula is C11H6F4O. The Morgan fingerprint density at radius 3 is 2.38 bits per heavy atom. The molecule has 0 radical (unpaired) electrons. The van der Waals surface area contributed by atoms with Crippen LogP contribution >= 0.6 is 0 Å². The van der Waals surface area contributed by atoms with Crippen molar-refractivity contribution in [1.82, 2.24) is 0 Å². The first-order chi connectivity index (χ1) is 7.36. The fourth-order valence-corrected chi connectivity index (χ4v) is 1.06. The minimum atomic E-state index is -4.63. The number of hydrogen-bond donors (Lipinski definition) is 0. The molecule has 0 saturated carbocycles. The van der Waals surface area contributed by atoms with Gasteiger partial charge in [-0.25, -0.2) is 4.39 Å². The zero-order chi connectivity index (χ0) is 12.3. The van der Waals surface area contributed by atoms with Crippen molar-refractivity contribution < 1.29 is 22.4 Å². The average Bonchev–Trinajstić information content (AvgIpc) is 2.16. The molecule has 0 saturated heterocycles. The van der Waals surface area contributed by atoms with Crippen molar-refractivity contribution in [1.29, 1.82) is 0 Å². The van der Waals surface area contributed by atoms with Gasteiger partial charge in [0.05, 0.1) is 11.1 Å². The summed E-state index contributed by atoms with van der Waals surface area (Å²) in [6.45, 7) is 1.37.